The molecule has 3 heterocycles. The van der Waals surface area contributed by atoms with Gasteiger partial charge in [-0.25, -0.2) is 9.97 Å². The minimum absolute atomic E-state index is 0.0700. The van der Waals surface area contributed by atoms with E-state index in [-0.39, 0.29) is 11.4 Å². The zero-order valence-electron chi connectivity index (χ0n) is 16.0. The van der Waals surface area contributed by atoms with Crippen LogP contribution in [-0.4, -0.2) is 23.1 Å². The Morgan fingerprint density at radius 3 is 1.86 bits per heavy atom. The Kier molecular flexibility index (Phi) is 4.22. The van der Waals surface area contributed by atoms with Crippen LogP contribution in [0.25, 0.3) is 22.5 Å². The first kappa shape index (κ1) is 17.4. The molecular formula is C24H19N5. The summed E-state index contributed by atoms with van der Waals surface area (Å²) in [6, 6.07) is 18.2. The van der Waals surface area contributed by atoms with Gasteiger partial charge in [-0.2, -0.15) is 10.5 Å². The Morgan fingerprint density at radius 1 is 0.759 bits per heavy atom. The number of aryl methyl sites for hydroxylation is 2. The van der Waals surface area contributed by atoms with E-state index in [0.717, 1.165) is 49.9 Å². The van der Waals surface area contributed by atoms with Gasteiger partial charge in [0, 0.05) is 29.9 Å². The lowest BCUT2D eigenvalue weighted by atomic mass is 9.88. The van der Waals surface area contributed by atoms with E-state index in [1.807, 2.05) is 42.5 Å². The number of nitrogens with zero attached hydrogens (tertiary/aromatic N) is 5. The van der Waals surface area contributed by atoms with Crippen LogP contribution < -0.4 is 4.90 Å². The van der Waals surface area contributed by atoms with Crippen molar-refractivity contribution in [3.63, 3.8) is 0 Å². The molecule has 0 unspecified atom stereocenters. The van der Waals surface area contributed by atoms with Crippen molar-refractivity contribution in [2.45, 2.75) is 25.7 Å². The molecule has 5 nitrogen and oxygen atoms in total. The maximum atomic E-state index is 9.51. The van der Waals surface area contributed by atoms with Crippen LogP contribution in [0, 0.1) is 22.7 Å². The van der Waals surface area contributed by atoms with Gasteiger partial charge in [0.25, 0.3) is 0 Å². The Morgan fingerprint density at radius 2 is 1.31 bits per heavy atom. The van der Waals surface area contributed by atoms with Crippen molar-refractivity contribution in [2.24, 2.45) is 0 Å². The highest BCUT2D eigenvalue weighted by molar-refractivity contribution is 5.81. The molecule has 0 bridgehead atoms. The lowest BCUT2D eigenvalue weighted by Gasteiger charge is -2.37. The van der Waals surface area contributed by atoms with Crippen LogP contribution >= 0.6 is 0 Å². The lowest BCUT2D eigenvalue weighted by Crippen LogP contribution is -2.34. The summed E-state index contributed by atoms with van der Waals surface area (Å²) >= 11 is 0. The quantitative estimate of drug-likeness (QED) is 0.667. The second kappa shape index (κ2) is 7.04. The molecule has 0 amide bonds. The summed E-state index contributed by atoms with van der Waals surface area (Å²) in [6.07, 6.45) is 4.43. The summed E-state index contributed by atoms with van der Waals surface area (Å²) in [6.45, 7) is 2.26. The van der Waals surface area contributed by atoms with Crippen LogP contribution in [0.5, 0.6) is 0 Å². The topological polar surface area (TPSA) is 76.6 Å². The predicted molar refractivity (Wildman–Crippen MR) is 111 cm³/mol. The second-order valence-electron chi connectivity index (χ2n) is 7.54. The van der Waals surface area contributed by atoms with Gasteiger partial charge < -0.3 is 4.90 Å². The fraction of sp³-hybridized carbons (Fsp3) is 0.250. The van der Waals surface area contributed by atoms with Gasteiger partial charge in [-0.1, -0.05) is 30.3 Å². The van der Waals surface area contributed by atoms with Crippen LogP contribution in [0.3, 0.4) is 0 Å². The van der Waals surface area contributed by atoms with Crippen molar-refractivity contribution >= 4 is 5.69 Å². The number of anilines is 1. The molecule has 1 aromatic heterocycles. The summed E-state index contributed by atoms with van der Waals surface area (Å²) < 4.78 is 0. The molecule has 0 fully saturated rings. The van der Waals surface area contributed by atoms with Crippen molar-refractivity contribution in [3.05, 3.63) is 65.0 Å². The third-order valence-electron chi connectivity index (χ3n) is 5.76. The summed E-state index contributed by atoms with van der Waals surface area (Å²) in [7, 11) is 0. The summed E-state index contributed by atoms with van der Waals surface area (Å²) in [5.74, 6) is 0. The van der Waals surface area contributed by atoms with Gasteiger partial charge in [0.15, 0.2) is 11.4 Å². The number of aromatic nitrogens is 2. The van der Waals surface area contributed by atoms with Crippen molar-refractivity contribution in [2.75, 3.05) is 18.0 Å². The van der Waals surface area contributed by atoms with Crippen molar-refractivity contribution in [3.8, 4) is 34.7 Å². The highest BCUT2D eigenvalue weighted by Crippen LogP contribution is 2.40. The van der Waals surface area contributed by atoms with Crippen LogP contribution in [0.4, 0.5) is 5.69 Å². The number of rotatable bonds is 2. The van der Waals surface area contributed by atoms with Crippen LogP contribution in [-0.2, 0) is 12.8 Å². The molecule has 0 spiro atoms. The first-order chi connectivity index (χ1) is 14.3. The Bertz CT molecular complexity index is 1150. The average Bonchev–Trinajstić information content (AvgIpc) is 2.79. The summed E-state index contributed by atoms with van der Waals surface area (Å²) in [4.78, 5) is 11.7. The standard InChI is InChI=1S/C24H19N5/c25-14-20-21(15-26)28-23(22(27-20)16-6-2-1-3-7-16)19-12-17-8-4-10-29-11-5-9-18(13-19)24(17)29/h1-3,6-7,12-13H,4-5,8-11H2. The number of nitriles is 2. The van der Waals surface area contributed by atoms with Gasteiger partial charge >= 0.3 is 0 Å². The molecule has 0 atom stereocenters. The third kappa shape index (κ3) is 2.92. The molecule has 0 aliphatic carbocycles. The van der Waals surface area contributed by atoms with E-state index in [2.05, 4.69) is 27.0 Å². The Labute approximate surface area is 169 Å². The minimum Gasteiger partial charge on any atom is -0.371 e. The molecule has 5 heteroatoms. The highest BCUT2D eigenvalue weighted by atomic mass is 15.1. The van der Waals surface area contributed by atoms with Gasteiger partial charge in [0.1, 0.15) is 12.1 Å². The highest BCUT2D eigenvalue weighted by Gasteiger charge is 2.26. The van der Waals surface area contributed by atoms with E-state index in [1.54, 1.807) is 0 Å². The zero-order chi connectivity index (χ0) is 19.8. The molecule has 140 valence electrons. The maximum Gasteiger partial charge on any atom is 0.177 e. The zero-order valence-corrected chi connectivity index (χ0v) is 16.0. The minimum atomic E-state index is 0.0700. The van der Waals surface area contributed by atoms with E-state index in [1.165, 1.54) is 16.8 Å². The monoisotopic (exact) mass is 377 g/mol. The van der Waals surface area contributed by atoms with E-state index in [4.69, 9.17) is 0 Å². The van der Waals surface area contributed by atoms with Crippen molar-refractivity contribution in [1.29, 1.82) is 10.5 Å². The van der Waals surface area contributed by atoms with Crippen molar-refractivity contribution < 1.29 is 0 Å². The summed E-state index contributed by atoms with van der Waals surface area (Å²) in [5.41, 5.74) is 7.45. The lowest BCUT2D eigenvalue weighted by molar-refractivity contribution is 0.634. The van der Waals surface area contributed by atoms with E-state index in [9.17, 15) is 10.5 Å². The molecular weight excluding hydrogens is 358 g/mol. The van der Waals surface area contributed by atoms with E-state index >= 15 is 0 Å². The third-order valence-corrected chi connectivity index (χ3v) is 5.76. The molecule has 0 saturated heterocycles. The molecule has 0 radical (unpaired) electrons. The maximum absolute atomic E-state index is 9.51. The normalized spacial score (nSPS) is 14.6. The molecule has 29 heavy (non-hydrogen) atoms. The molecule has 2 aliphatic heterocycles. The predicted octanol–water partition coefficient (Wildman–Crippen LogP) is 4.25. The van der Waals surface area contributed by atoms with Crippen LogP contribution in [0.1, 0.15) is 35.4 Å². The average molecular weight is 377 g/mol. The van der Waals surface area contributed by atoms with E-state index in [0.29, 0.717) is 11.4 Å². The Hall–Kier alpha value is -3.70. The van der Waals surface area contributed by atoms with Gasteiger partial charge in [-0.15, -0.1) is 0 Å². The van der Waals surface area contributed by atoms with Gasteiger partial charge in [0.05, 0.1) is 11.4 Å². The second-order valence-corrected chi connectivity index (χ2v) is 7.54. The molecule has 5 rings (SSSR count). The number of benzene rings is 2. The SMILES string of the molecule is N#Cc1nc(-c2ccccc2)c(-c2cc3c4c(c2)CCCN4CCC3)nc1C#N. The first-order valence-corrected chi connectivity index (χ1v) is 9.97. The van der Waals surface area contributed by atoms with Gasteiger partial charge in [-0.05, 0) is 48.9 Å². The molecule has 0 N–H and O–H groups in total. The molecule has 0 saturated carbocycles. The smallest absolute Gasteiger partial charge is 0.177 e. The fourth-order valence-corrected chi connectivity index (χ4v) is 4.53. The summed E-state index contributed by atoms with van der Waals surface area (Å²) in [5, 5.41) is 19.0. The molecule has 2 aromatic carbocycles. The van der Waals surface area contributed by atoms with Gasteiger partial charge in [0.2, 0.25) is 0 Å². The fourth-order valence-electron chi connectivity index (χ4n) is 4.53. The molecule has 2 aliphatic rings. The first-order valence-electron chi connectivity index (χ1n) is 9.97. The van der Waals surface area contributed by atoms with Gasteiger partial charge in [-0.3, -0.25) is 0 Å². The van der Waals surface area contributed by atoms with E-state index < -0.39 is 0 Å². The number of hydrogen-bond acceptors (Lipinski definition) is 5. The molecule has 3 aromatic rings. The van der Waals surface area contributed by atoms with Crippen LogP contribution in [0.2, 0.25) is 0 Å². The number of hydrogen-bond donors (Lipinski definition) is 0. The Balaban J connectivity index is 1.76. The largest absolute Gasteiger partial charge is 0.371 e. The van der Waals surface area contributed by atoms with Crippen molar-refractivity contribution in [1.82, 2.24) is 9.97 Å². The van der Waals surface area contributed by atoms with Crippen LogP contribution in [0.15, 0.2) is 42.5 Å².